The van der Waals surface area contributed by atoms with Crippen LogP contribution < -0.4 is 0 Å². The minimum absolute atomic E-state index is 0.499. The molecular formula is C29H59ClO12. The van der Waals surface area contributed by atoms with Crippen LogP contribution in [-0.4, -0.2) is 164 Å². The summed E-state index contributed by atoms with van der Waals surface area (Å²) in [4.78, 5) is 0. The van der Waals surface area contributed by atoms with E-state index in [2.05, 4.69) is 13.8 Å². The zero-order chi connectivity index (χ0) is 30.4. The number of hydrogen-bond acceptors (Lipinski definition) is 12. The molecule has 0 bridgehead atoms. The molecule has 0 rings (SSSR count). The first-order valence-corrected chi connectivity index (χ1v) is 15.8. The second-order valence-corrected chi connectivity index (χ2v) is 9.39. The Morgan fingerprint density at radius 3 is 0.714 bits per heavy atom. The van der Waals surface area contributed by atoms with Gasteiger partial charge in [-0.3, -0.25) is 0 Å². The zero-order valence-corrected chi connectivity index (χ0v) is 27.0. The van der Waals surface area contributed by atoms with Crippen molar-refractivity contribution in [1.29, 1.82) is 0 Å². The maximum atomic E-state index is 5.53. The molecule has 12 nitrogen and oxygen atoms in total. The average Bonchev–Trinajstić information content (AvgIpc) is 3.00. The molecular weight excluding hydrogens is 576 g/mol. The van der Waals surface area contributed by atoms with Gasteiger partial charge in [0.05, 0.1) is 152 Å². The molecule has 13 heteroatoms. The summed E-state index contributed by atoms with van der Waals surface area (Å²) in [6, 6.07) is 0. The van der Waals surface area contributed by atoms with Crippen LogP contribution in [0, 0.1) is 5.92 Å². The molecule has 1 unspecified atom stereocenters. The van der Waals surface area contributed by atoms with Gasteiger partial charge in [-0.2, -0.15) is 0 Å². The van der Waals surface area contributed by atoms with E-state index in [9.17, 15) is 0 Å². The largest absolute Gasteiger partial charge is 0.379 e. The lowest BCUT2D eigenvalue weighted by molar-refractivity contribution is -0.0285. The van der Waals surface area contributed by atoms with Gasteiger partial charge in [0.25, 0.3) is 0 Å². The van der Waals surface area contributed by atoms with Crippen molar-refractivity contribution in [3.63, 3.8) is 0 Å². The highest BCUT2D eigenvalue weighted by Gasteiger charge is 1.99. The van der Waals surface area contributed by atoms with Crippen molar-refractivity contribution in [3.8, 4) is 0 Å². The zero-order valence-electron chi connectivity index (χ0n) is 26.2. The summed E-state index contributed by atoms with van der Waals surface area (Å²) in [6.45, 7) is 17.5. The molecule has 0 amide bonds. The van der Waals surface area contributed by atoms with Gasteiger partial charge in [0.15, 0.2) is 0 Å². The van der Waals surface area contributed by atoms with E-state index in [1.54, 1.807) is 0 Å². The number of halogens is 1. The molecule has 0 aliphatic carbocycles. The van der Waals surface area contributed by atoms with Gasteiger partial charge in [-0.15, -0.1) is 11.6 Å². The van der Waals surface area contributed by atoms with E-state index in [1.807, 2.05) is 0 Å². The Morgan fingerprint density at radius 1 is 0.333 bits per heavy atom. The summed E-state index contributed by atoms with van der Waals surface area (Å²) >= 11 is 5.51. The van der Waals surface area contributed by atoms with Gasteiger partial charge in [0.2, 0.25) is 0 Å². The van der Waals surface area contributed by atoms with E-state index in [0.29, 0.717) is 164 Å². The predicted octanol–water partition coefficient (Wildman–Crippen LogP) is 2.47. The first kappa shape index (κ1) is 41.8. The van der Waals surface area contributed by atoms with E-state index in [-0.39, 0.29) is 0 Å². The summed E-state index contributed by atoms with van der Waals surface area (Å²) in [5.41, 5.74) is 0. The number of ether oxygens (including phenoxy) is 12. The number of alkyl halides is 1. The Kier molecular flexibility index (Phi) is 38.7. The van der Waals surface area contributed by atoms with Crippen LogP contribution in [0.3, 0.4) is 0 Å². The van der Waals surface area contributed by atoms with Crippen molar-refractivity contribution in [3.05, 3.63) is 0 Å². The van der Waals surface area contributed by atoms with Gasteiger partial charge in [-0.25, -0.2) is 0 Å². The SMILES string of the molecule is CCC(C)COCCOCCOCCOCCOCCOCCOCCOCCOCCOCCOCCOCCCl. The Hall–Kier alpha value is -0.190. The Bertz CT molecular complexity index is 482. The molecule has 254 valence electrons. The van der Waals surface area contributed by atoms with Crippen molar-refractivity contribution in [2.24, 2.45) is 5.92 Å². The quantitative estimate of drug-likeness (QED) is 0.0735. The fourth-order valence-corrected chi connectivity index (χ4v) is 2.99. The molecule has 0 radical (unpaired) electrons. The third-order valence-corrected chi connectivity index (χ3v) is 5.57. The second-order valence-electron chi connectivity index (χ2n) is 9.01. The highest BCUT2D eigenvalue weighted by Crippen LogP contribution is 2.00. The summed E-state index contributed by atoms with van der Waals surface area (Å²) in [6.07, 6.45) is 1.13. The van der Waals surface area contributed by atoms with E-state index < -0.39 is 0 Å². The minimum atomic E-state index is 0.499. The Balaban J connectivity index is 3.04. The monoisotopic (exact) mass is 634 g/mol. The highest BCUT2D eigenvalue weighted by atomic mass is 35.5. The standard InChI is InChI=1S/C29H59ClO12/c1-3-29(2)28-42-27-26-41-25-24-40-23-22-39-21-20-38-19-18-37-17-16-36-15-14-35-13-12-34-11-10-33-9-8-32-7-6-31-5-4-30/h29H,3-28H2,1-2H3. The molecule has 0 aliphatic heterocycles. The third kappa shape index (κ3) is 37.8. The number of rotatable bonds is 38. The molecule has 0 saturated heterocycles. The molecule has 1 atom stereocenters. The lowest BCUT2D eigenvalue weighted by Gasteiger charge is -2.10. The van der Waals surface area contributed by atoms with Crippen molar-refractivity contribution >= 4 is 11.6 Å². The van der Waals surface area contributed by atoms with Gasteiger partial charge in [-0.1, -0.05) is 20.3 Å². The molecule has 42 heavy (non-hydrogen) atoms. The fourth-order valence-electron chi connectivity index (χ4n) is 2.88. The van der Waals surface area contributed by atoms with Crippen LogP contribution in [0.25, 0.3) is 0 Å². The Morgan fingerprint density at radius 2 is 0.524 bits per heavy atom. The normalized spacial score (nSPS) is 12.4. The smallest absolute Gasteiger partial charge is 0.0701 e. The van der Waals surface area contributed by atoms with Gasteiger partial charge in [-0.05, 0) is 5.92 Å². The summed E-state index contributed by atoms with van der Waals surface area (Å²) in [5, 5.41) is 0. The summed E-state index contributed by atoms with van der Waals surface area (Å²) < 4.78 is 65.2. The minimum Gasteiger partial charge on any atom is -0.379 e. The predicted molar refractivity (Wildman–Crippen MR) is 160 cm³/mol. The van der Waals surface area contributed by atoms with Crippen molar-refractivity contribution in [2.45, 2.75) is 20.3 Å². The van der Waals surface area contributed by atoms with E-state index in [1.165, 1.54) is 0 Å². The molecule has 0 aromatic heterocycles. The van der Waals surface area contributed by atoms with Crippen LogP contribution in [0.5, 0.6) is 0 Å². The van der Waals surface area contributed by atoms with Crippen molar-refractivity contribution in [2.75, 3.05) is 164 Å². The lowest BCUT2D eigenvalue weighted by atomic mass is 10.1. The summed E-state index contributed by atoms with van der Waals surface area (Å²) in [5.74, 6) is 1.10. The van der Waals surface area contributed by atoms with Gasteiger partial charge < -0.3 is 56.8 Å². The first-order valence-electron chi connectivity index (χ1n) is 15.3. The maximum Gasteiger partial charge on any atom is 0.0701 e. The van der Waals surface area contributed by atoms with Crippen LogP contribution in [0.1, 0.15) is 20.3 Å². The van der Waals surface area contributed by atoms with Crippen LogP contribution in [0.15, 0.2) is 0 Å². The van der Waals surface area contributed by atoms with Crippen LogP contribution in [0.4, 0.5) is 0 Å². The Labute approximate surface area is 259 Å². The molecule has 0 aliphatic rings. The summed E-state index contributed by atoms with van der Waals surface area (Å²) in [7, 11) is 0. The van der Waals surface area contributed by atoms with E-state index in [4.69, 9.17) is 68.4 Å². The highest BCUT2D eigenvalue weighted by molar-refractivity contribution is 6.17. The van der Waals surface area contributed by atoms with Crippen LogP contribution in [0.2, 0.25) is 0 Å². The van der Waals surface area contributed by atoms with Crippen molar-refractivity contribution in [1.82, 2.24) is 0 Å². The fraction of sp³-hybridized carbons (Fsp3) is 1.00. The topological polar surface area (TPSA) is 111 Å². The van der Waals surface area contributed by atoms with Gasteiger partial charge in [0, 0.05) is 12.5 Å². The average molecular weight is 635 g/mol. The number of hydrogen-bond donors (Lipinski definition) is 0. The third-order valence-electron chi connectivity index (χ3n) is 5.41. The van der Waals surface area contributed by atoms with Gasteiger partial charge in [0.1, 0.15) is 0 Å². The molecule has 0 heterocycles. The molecule has 0 fully saturated rings. The first-order chi connectivity index (χ1) is 20.8. The van der Waals surface area contributed by atoms with E-state index in [0.717, 1.165) is 13.0 Å². The van der Waals surface area contributed by atoms with E-state index >= 15 is 0 Å². The maximum absolute atomic E-state index is 5.53. The van der Waals surface area contributed by atoms with Crippen LogP contribution >= 0.6 is 11.6 Å². The second kappa shape index (κ2) is 38.8. The van der Waals surface area contributed by atoms with Crippen molar-refractivity contribution < 1.29 is 56.8 Å². The lowest BCUT2D eigenvalue weighted by Crippen LogP contribution is -2.15. The van der Waals surface area contributed by atoms with Gasteiger partial charge >= 0.3 is 0 Å². The molecule has 0 aromatic carbocycles. The molecule has 0 N–H and O–H groups in total. The molecule has 0 aromatic rings. The molecule has 0 saturated carbocycles. The molecule has 0 spiro atoms. The van der Waals surface area contributed by atoms with Crippen LogP contribution in [-0.2, 0) is 56.8 Å².